The van der Waals surface area contributed by atoms with E-state index in [-0.39, 0.29) is 5.82 Å². The van der Waals surface area contributed by atoms with Gasteiger partial charge >= 0.3 is 0 Å². The first-order chi connectivity index (χ1) is 9.47. The number of rotatable bonds is 4. The topological polar surface area (TPSA) is 29.5 Å². The summed E-state index contributed by atoms with van der Waals surface area (Å²) in [6.07, 6.45) is -0.783. The molecule has 20 heavy (non-hydrogen) atoms. The third kappa shape index (κ3) is 3.36. The third-order valence-electron chi connectivity index (χ3n) is 3.17. The van der Waals surface area contributed by atoms with Crippen LogP contribution in [-0.4, -0.2) is 5.11 Å². The van der Waals surface area contributed by atoms with Gasteiger partial charge in [-0.05, 0) is 48.7 Å². The van der Waals surface area contributed by atoms with Gasteiger partial charge in [-0.1, -0.05) is 26.0 Å². The second kappa shape index (κ2) is 6.06. The molecule has 0 spiro atoms. The van der Waals surface area contributed by atoms with E-state index in [1.54, 1.807) is 13.0 Å². The summed E-state index contributed by atoms with van der Waals surface area (Å²) in [6.45, 7) is 5.81. The van der Waals surface area contributed by atoms with Crippen LogP contribution in [0.1, 0.15) is 43.9 Å². The summed E-state index contributed by atoms with van der Waals surface area (Å²) in [5.74, 6) is 1.18. The Bertz CT molecular complexity index is 591. The molecule has 1 unspecified atom stereocenters. The molecule has 0 saturated heterocycles. The van der Waals surface area contributed by atoms with E-state index in [4.69, 9.17) is 4.74 Å². The fourth-order valence-electron chi connectivity index (χ4n) is 2.00. The summed E-state index contributed by atoms with van der Waals surface area (Å²) in [5.41, 5.74) is 1.61. The van der Waals surface area contributed by atoms with E-state index in [2.05, 4.69) is 13.8 Å². The summed E-state index contributed by atoms with van der Waals surface area (Å²) in [4.78, 5) is 0. The lowest BCUT2D eigenvalue weighted by atomic mass is 10.0. The van der Waals surface area contributed by atoms with Gasteiger partial charge in [0, 0.05) is 5.56 Å². The van der Waals surface area contributed by atoms with Gasteiger partial charge in [0.15, 0.2) is 0 Å². The Kier molecular flexibility index (Phi) is 4.40. The molecule has 1 N–H and O–H groups in total. The Labute approximate surface area is 118 Å². The van der Waals surface area contributed by atoms with E-state index in [1.165, 1.54) is 17.7 Å². The number of ether oxygens (including phenoxy) is 1. The van der Waals surface area contributed by atoms with Crippen molar-refractivity contribution < 1.29 is 14.2 Å². The van der Waals surface area contributed by atoms with Gasteiger partial charge in [-0.2, -0.15) is 0 Å². The van der Waals surface area contributed by atoms with Crippen LogP contribution in [-0.2, 0) is 0 Å². The van der Waals surface area contributed by atoms with Crippen LogP contribution in [0.15, 0.2) is 42.5 Å². The second-order valence-electron chi connectivity index (χ2n) is 5.19. The average molecular weight is 274 g/mol. The van der Waals surface area contributed by atoms with Crippen molar-refractivity contribution in [3.63, 3.8) is 0 Å². The molecule has 0 aliphatic rings. The lowest BCUT2D eigenvalue weighted by Crippen LogP contribution is -1.97. The second-order valence-corrected chi connectivity index (χ2v) is 5.19. The van der Waals surface area contributed by atoms with Crippen LogP contribution >= 0.6 is 0 Å². The first kappa shape index (κ1) is 14.5. The third-order valence-corrected chi connectivity index (χ3v) is 3.17. The largest absolute Gasteiger partial charge is 0.457 e. The van der Waals surface area contributed by atoms with Crippen molar-refractivity contribution in [2.75, 3.05) is 0 Å². The van der Waals surface area contributed by atoms with Crippen LogP contribution in [0, 0.1) is 5.82 Å². The average Bonchev–Trinajstić information content (AvgIpc) is 2.41. The molecule has 0 bridgehead atoms. The van der Waals surface area contributed by atoms with E-state index in [9.17, 15) is 9.50 Å². The van der Waals surface area contributed by atoms with Gasteiger partial charge in [-0.15, -0.1) is 0 Å². The quantitative estimate of drug-likeness (QED) is 0.868. The standard InChI is InChI=1S/C17H19FO2/c1-11(2)13-5-4-6-15(9-13)20-17-8-7-14(18)10-16(17)12(3)19/h4-12,19H,1-3H3. The number of aliphatic hydroxyl groups is 1. The van der Waals surface area contributed by atoms with Crippen LogP contribution in [0.2, 0.25) is 0 Å². The minimum atomic E-state index is -0.783. The summed E-state index contributed by atoms with van der Waals surface area (Å²) in [6, 6.07) is 11.9. The van der Waals surface area contributed by atoms with Crippen molar-refractivity contribution in [2.24, 2.45) is 0 Å². The van der Waals surface area contributed by atoms with Crippen molar-refractivity contribution in [3.05, 3.63) is 59.4 Å². The van der Waals surface area contributed by atoms with Crippen LogP contribution in [0.4, 0.5) is 4.39 Å². The van der Waals surface area contributed by atoms with E-state index >= 15 is 0 Å². The van der Waals surface area contributed by atoms with Crippen LogP contribution < -0.4 is 4.74 Å². The summed E-state index contributed by atoms with van der Waals surface area (Å²) >= 11 is 0. The van der Waals surface area contributed by atoms with Crippen LogP contribution in [0.3, 0.4) is 0 Å². The predicted molar refractivity (Wildman–Crippen MR) is 77.6 cm³/mol. The lowest BCUT2D eigenvalue weighted by Gasteiger charge is -2.14. The zero-order chi connectivity index (χ0) is 14.7. The van der Waals surface area contributed by atoms with Crippen molar-refractivity contribution in [2.45, 2.75) is 32.8 Å². The molecule has 2 aromatic carbocycles. The van der Waals surface area contributed by atoms with Gasteiger partial charge in [0.2, 0.25) is 0 Å². The smallest absolute Gasteiger partial charge is 0.133 e. The van der Waals surface area contributed by atoms with Gasteiger partial charge in [0.05, 0.1) is 6.10 Å². The van der Waals surface area contributed by atoms with Gasteiger partial charge in [0.1, 0.15) is 17.3 Å². The minimum absolute atomic E-state index is 0.385. The molecular weight excluding hydrogens is 255 g/mol. The summed E-state index contributed by atoms with van der Waals surface area (Å²) in [5, 5.41) is 9.70. The molecule has 1 atom stereocenters. The zero-order valence-corrected chi connectivity index (χ0v) is 11.9. The van der Waals surface area contributed by atoms with Gasteiger partial charge < -0.3 is 9.84 Å². The van der Waals surface area contributed by atoms with E-state index in [0.717, 1.165) is 0 Å². The van der Waals surface area contributed by atoms with E-state index in [0.29, 0.717) is 23.0 Å². The van der Waals surface area contributed by atoms with E-state index in [1.807, 2.05) is 24.3 Å². The van der Waals surface area contributed by atoms with Crippen molar-refractivity contribution in [1.82, 2.24) is 0 Å². The van der Waals surface area contributed by atoms with Crippen molar-refractivity contribution in [1.29, 1.82) is 0 Å². The highest BCUT2D eigenvalue weighted by Gasteiger charge is 2.12. The summed E-state index contributed by atoms with van der Waals surface area (Å²) < 4.78 is 19.0. The molecule has 106 valence electrons. The first-order valence-electron chi connectivity index (χ1n) is 6.72. The maximum Gasteiger partial charge on any atom is 0.133 e. The first-order valence-corrected chi connectivity index (χ1v) is 6.72. The molecule has 0 aliphatic carbocycles. The molecular formula is C17H19FO2. The molecule has 0 heterocycles. The van der Waals surface area contributed by atoms with Gasteiger partial charge in [-0.25, -0.2) is 4.39 Å². The molecule has 2 nitrogen and oxygen atoms in total. The fourth-order valence-corrected chi connectivity index (χ4v) is 2.00. The highest BCUT2D eigenvalue weighted by molar-refractivity contribution is 5.40. The van der Waals surface area contributed by atoms with Crippen LogP contribution in [0.25, 0.3) is 0 Å². The molecule has 2 rings (SSSR count). The Morgan fingerprint density at radius 3 is 2.45 bits per heavy atom. The van der Waals surface area contributed by atoms with Gasteiger partial charge in [-0.3, -0.25) is 0 Å². The molecule has 0 fully saturated rings. The number of halogens is 1. The highest BCUT2D eigenvalue weighted by Crippen LogP contribution is 2.31. The normalized spacial score (nSPS) is 12.5. The lowest BCUT2D eigenvalue weighted by molar-refractivity contribution is 0.195. The number of benzene rings is 2. The maximum absolute atomic E-state index is 13.2. The van der Waals surface area contributed by atoms with Crippen molar-refractivity contribution >= 4 is 0 Å². The Morgan fingerprint density at radius 1 is 1.05 bits per heavy atom. The van der Waals surface area contributed by atoms with Crippen LogP contribution in [0.5, 0.6) is 11.5 Å². The van der Waals surface area contributed by atoms with Gasteiger partial charge in [0.25, 0.3) is 0 Å². The maximum atomic E-state index is 13.2. The molecule has 0 amide bonds. The Balaban J connectivity index is 2.32. The molecule has 3 heteroatoms. The van der Waals surface area contributed by atoms with E-state index < -0.39 is 6.10 Å². The fraction of sp³-hybridized carbons (Fsp3) is 0.294. The SMILES string of the molecule is CC(C)c1cccc(Oc2ccc(F)cc2C(C)O)c1. The highest BCUT2D eigenvalue weighted by atomic mass is 19.1. The predicted octanol–water partition coefficient (Wildman–Crippen LogP) is 4.79. The molecule has 0 saturated carbocycles. The molecule has 0 radical (unpaired) electrons. The minimum Gasteiger partial charge on any atom is -0.457 e. The Hall–Kier alpha value is -1.87. The number of hydrogen-bond acceptors (Lipinski definition) is 2. The number of hydrogen-bond donors (Lipinski definition) is 1. The zero-order valence-electron chi connectivity index (χ0n) is 11.9. The summed E-state index contributed by atoms with van der Waals surface area (Å²) in [7, 11) is 0. The van der Waals surface area contributed by atoms with Crippen molar-refractivity contribution in [3.8, 4) is 11.5 Å². The molecule has 0 aliphatic heterocycles. The Morgan fingerprint density at radius 2 is 1.80 bits per heavy atom. The number of aliphatic hydroxyl groups excluding tert-OH is 1. The molecule has 0 aromatic heterocycles. The molecule has 2 aromatic rings. The monoisotopic (exact) mass is 274 g/mol.